The van der Waals surface area contributed by atoms with Gasteiger partial charge in [-0.15, -0.1) is 0 Å². The molecule has 0 saturated carbocycles. The van der Waals surface area contributed by atoms with Crippen LogP contribution in [0.15, 0.2) is 48.5 Å². The Labute approximate surface area is 175 Å². The van der Waals surface area contributed by atoms with Crippen molar-refractivity contribution in [3.05, 3.63) is 70.5 Å². The lowest BCUT2D eigenvalue weighted by Crippen LogP contribution is -2.43. The van der Waals surface area contributed by atoms with Crippen molar-refractivity contribution in [3.8, 4) is 0 Å². The molecule has 0 unspecified atom stereocenters. The van der Waals surface area contributed by atoms with E-state index >= 15 is 0 Å². The number of amides is 1. The first-order valence-electron chi connectivity index (χ1n) is 9.29. The number of hydrogen-bond donors (Lipinski definition) is 0. The molecule has 0 spiro atoms. The lowest BCUT2D eigenvalue weighted by Gasteiger charge is -2.27. The molecule has 1 amide bonds. The molecule has 1 aliphatic rings. The highest BCUT2D eigenvalue weighted by Crippen LogP contribution is 2.22. The molecule has 6 nitrogen and oxygen atoms in total. The van der Waals surface area contributed by atoms with Crippen LogP contribution in [0.5, 0.6) is 0 Å². The number of carbonyl (C=O) groups is 1. The Balaban J connectivity index is 1.69. The van der Waals surface area contributed by atoms with Crippen LogP contribution in [0.4, 0.5) is 4.39 Å². The van der Waals surface area contributed by atoms with Crippen molar-refractivity contribution in [1.29, 1.82) is 0 Å². The number of hydrogen-bond acceptors (Lipinski definition) is 3. The Hall–Kier alpha value is -2.00. The highest BCUT2D eigenvalue weighted by atomic mass is 35.5. The predicted molar refractivity (Wildman–Crippen MR) is 110 cm³/mol. The number of carbonyl (C=O) groups excluding carboxylic acids is 1. The second-order valence-corrected chi connectivity index (χ2v) is 9.32. The second-order valence-electron chi connectivity index (χ2n) is 6.87. The fraction of sp³-hybridized carbons (Fsp3) is 0.350. The smallest absolute Gasteiger partial charge is 0.282 e. The quantitative estimate of drug-likeness (QED) is 0.719. The van der Waals surface area contributed by atoms with Crippen molar-refractivity contribution in [2.24, 2.45) is 0 Å². The van der Waals surface area contributed by atoms with E-state index in [1.807, 2.05) is 6.07 Å². The molecular formula is C20H23ClFN3O3S. The first-order valence-corrected chi connectivity index (χ1v) is 11.1. The molecule has 1 fully saturated rings. The monoisotopic (exact) mass is 439 g/mol. The van der Waals surface area contributed by atoms with Crippen LogP contribution in [-0.4, -0.2) is 61.1 Å². The van der Waals surface area contributed by atoms with Gasteiger partial charge >= 0.3 is 0 Å². The number of nitrogens with zero attached hydrogens (tertiary/aromatic N) is 3. The predicted octanol–water partition coefficient (Wildman–Crippen LogP) is 3.00. The van der Waals surface area contributed by atoms with E-state index in [1.165, 1.54) is 29.6 Å². The van der Waals surface area contributed by atoms with Crippen LogP contribution < -0.4 is 0 Å². The van der Waals surface area contributed by atoms with Crippen LogP contribution >= 0.6 is 11.6 Å². The maximum absolute atomic E-state index is 14.0. The van der Waals surface area contributed by atoms with Gasteiger partial charge in [0.25, 0.3) is 16.1 Å². The molecule has 2 aromatic carbocycles. The summed E-state index contributed by atoms with van der Waals surface area (Å²) < 4.78 is 42.5. The molecule has 3 rings (SSSR count). The van der Waals surface area contributed by atoms with Crippen molar-refractivity contribution in [2.45, 2.75) is 13.0 Å². The fourth-order valence-corrected chi connectivity index (χ4v) is 4.86. The van der Waals surface area contributed by atoms with Crippen LogP contribution in [-0.2, 0) is 16.8 Å². The molecule has 0 bridgehead atoms. The van der Waals surface area contributed by atoms with Crippen molar-refractivity contribution in [3.63, 3.8) is 0 Å². The standard InChI is InChI=1S/C20H23ClFN3O3S/c1-23(15-17-18(21)9-5-10-19(17)22)29(27,28)25-12-6-11-24(13-14-25)20(26)16-7-3-2-4-8-16/h2-5,7-10H,6,11-15H2,1H3. The van der Waals surface area contributed by atoms with Gasteiger partial charge in [0.2, 0.25) is 0 Å². The van der Waals surface area contributed by atoms with Gasteiger partial charge in [0.05, 0.1) is 0 Å². The Bertz CT molecular complexity index is 952. The zero-order chi connectivity index (χ0) is 21.0. The van der Waals surface area contributed by atoms with E-state index in [-0.39, 0.29) is 36.1 Å². The Kier molecular flexibility index (Phi) is 6.89. The zero-order valence-electron chi connectivity index (χ0n) is 16.1. The SMILES string of the molecule is CN(Cc1c(F)cccc1Cl)S(=O)(=O)N1CCCN(C(=O)c2ccccc2)CC1. The van der Waals surface area contributed by atoms with E-state index in [0.29, 0.717) is 25.1 Å². The van der Waals surface area contributed by atoms with Crippen LogP contribution in [0.1, 0.15) is 22.3 Å². The van der Waals surface area contributed by atoms with Crippen molar-refractivity contribution in [2.75, 3.05) is 33.2 Å². The number of rotatable bonds is 5. The molecule has 0 aromatic heterocycles. The van der Waals surface area contributed by atoms with Gasteiger partial charge in [-0.05, 0) is 30.7 Å². The summed E-state index contributed by atoms with van der Waals surface area (Å²) in [5.74, 6) is -0.661. The van der Waals surface area contributed by atoms with Crippen molar-refractivity contribution >= 4 is 27.7 Å². The topological polar surface area (TPSA) is 60.9 Å². The molecule has 1 saturated heterocycles. The van der Waals surface area contributed by atoms with E-state index in [1.54, 1.807) is 29.2 Å². The maximum Gasteiger partial charge on any atom is 0.282 e. The lowest BCUT2D eigenvalue weighted by molar-refractivity contribution is 0.0764. The highest BCUT2D eigenvalue weighted by Gasteiger charge is 2.31. The lowest BCUT2D eigenvalue weighted by atomic mass is 10.2. The maximum atomic E-state index is 14.0. The number of halogens is 2. The molecular weight excluding hydrogens is 417 g/mol. The first-order chi connectivity index (χ1) is 13.8. The van der Waals surface area contributed by atoms with Crippen molar-refractivity contribution in [1.82, 2.24) is 13.5 Å². The summed E-state index contributed by atoms with van der Waals surface area (Å²) in [6, 6.07) is 13.2. The van der Waals surface area contributed by atoms with Crippen molar-refractivity contribution < 1.29 is 17.6 Å². The van der Waals surface area contributed by atoms with Gasteiger partial charge in [-0.1, -0.05) is 35.9 Å². The summed E-state index contributed by atoms with van der Waals surface area (Å²) in [5.41, 5.74) is 0.714. The zero-order valence-corrected chi connectivity index (χ0v) is 17.7. The minimum absolute atomic E-state index is 0.114. The van der Waals surface area contributed by atoms with Crippen LogP contribution in [0.25, 0.3) is 0 Å². The average molecular weight is 440 g/mol. The molecule has 29 heavy (non-hydrogen) atoms. The van der Waals surface area contributed by atoms with Crippen LogP contribution in [0.2, 0.25) is 5.02 Å². The molecule has 156 valence electrons. The number of benzene rings is 2. The van der Waals surface area contributed by atoms with E-state index in [2.05, 4.69) is 0 Å². The normalized spacial score (nSPS) is 16.1. The summed E-state index contributed by atoms with van der Waals surface area (Å²) in [4.78, 5) is 14.3. The summed E-state index contributed by atoms with van der Waals surface area (Å²) in [7, 11) is -2.43. The molecule has 0 radical (unpaired) electrons. The van der Waals surface area contributed by atoms with Gasteiger partial charge in [0.1, 0.15) is 5.82 Å². The minimum Gasteiger partial charge on any atom is -0.337 e. The fourth-order valence-electron chi connectivity index (χ4n) is 3.28. The van der Waals surface area contributed by atoms with Crippen LogP contribution in [0, 0.1) is 5.82 Å². The summed E-state index contributed by atoms with van der Waals surface area (Å²) >= 11 is 6.03. The third-order valence-electron chi connectivity index (χ3n) is 4.93. The van der Waals surface area contributed by atoms with Gasteiger partial charge in [-0.2, -0.15) is 17.0 Å². The van der Waals surface area contributed by atoms with Gasteiger partial charge in [0, 0.05) is 55.9 Å². The molecule has 0 atom stereocenters. The molecule has 0 aliphatic carbocycles. The van der Waals surface area contributed by atoms with E-state index in [0.717, 1.165) is 4.31 Å². The van der Waals surface area contributed by atoms with Crippen LogP contribution in [0.3, 0.4) is 0 Å². The van der Waals surface area contributed by atoms with Gasteiger partial charge < -0.3 is 4.90 Å². The summed E-state index contributed by atoms with van der Waals surface area (Å²) in [6.07, 6.45) is 0.520. The molecule has 1 aliphatic heterocycles. The van der Waals surface area contributed by atoms with E-state index in [4.69, 9.17) is 11.6 Å². The van der Waals surface area contributed by atoms with E-state index in [9.17, 15) is 17.6 Å². The summed E-state index contributed by atoms with van der Waals surface area (Å²) in [5, 5.41) is 0.183. The molecule has 1 heterocycles. The Morgan fingerprint density at radius 1 is 1.07 bits per heavy atom. The Morgan fingerprint density at radius 2 is 1.79 bits per heavy atom. The first kappa shape index (κ1) is 21.7. The largest absolute Gasteiger partial charge is 0.337 e. The third-order valence-corrected chi connectivity index (χ3v) is 7.21. The average Bonchev–Trinajstić information content (AvgIpc) is 2.97. The van der Waals surface area contributed by atoms with Gasteiger partial charge in [0.15, 0.2) is 0 Å². The molecule has 0 N–H and O–H groups in total. The van der Waals surface area contributed by atoms with E-state index < -0.39 is 16.0 Å². The highest BCUT2D eigenvalue weighted by molar-refractivity contribution is 7.86. The van der Waals surface area contributed by atoms with Gasteiger partial charge in [-0.25, -0.2) is 4.39 Å². The molecule has 2 aromatic rings. The summed E-state index contributed by atoms with van der Waals surface area (Å²) in [6.45, 7) is 1.06. The Morgan fingerprint density at radius 3 is 2.48 bits per heavy atom. The molecule has 9 heteroatoms. The minimum atomic E-state index is -3.83. The van der Waals surface area contributed by atoms with Gasteiger partial charge in [-0.3, -0.25) is 4.79 Å². The second kappa shape index (κ2) is 9.21. The third kappa shape index (κ3) is 4.95.